The van der Waals surface area contributed by atoms with Crippen molar-refractivity contribution in [3.05, 3.63) is 54.6 Å². The molecule has 0 saturated heterocycles. The average Bonchev–Trinajstić information content (AvgIpc) is 2.52. The molecular formula is C17H24O7P2Si. The third kappa shape index (κ3) is 5.39. The summed E-state index contributed by atoms with van der Waals surface area (Å²) >= 11 is 0. The first-order chi connectivity index (χ1) is 12.2. The van der Waals surface area contributed by atoms with Gasteiger partial charge in [0.1, 0.15) is 13.8 Å². The van der Waals surface area contributed by atoms with Crippen LogP contribution >= 0.6 is 15.6 Å². The molecule has 0 amide bonds. The number of phosphoric ester groups is 1. The summed E-state index contributed by atoms with van der Waals surface area (Å²) in [7, 11) is -12.3. The minimum Gasteiger partial charge on any atom is -0.404 e. The van der Waals surface area contributed by atoms with Gasteiger partial charge in [-0.2, -0.15) is 4.31 Å². The Bertz CT molecular complexity index is 874. The Morgan fingerprint density at radius 1 is 0.852 bits per heavy atom. The molecule has 10 heteroatoms. The van der Waals surface area contributed by atoms with E-state index in [1.54, 1.807) is 0 Å². The van der Waals surface area contributed by atoms with Crippen LogP contribution in [0.15, 0.2) is 54.6 Å². The highest BCUT2D eigenvalue weighted by atomic mass is 31.3. The second-order valence-electron chi connectivity index (χ2n) is 7.40. The van der Waals surface area contributed by atoms with Crippen LogP contribution in [0.5, 0.6) is 5.75 Å². The lowest BCUT2D eigenvalue weighted by atomic mass is 10.2. The lowest BCUT2D eigenvalue weighted by molar-refractivity contribution is 0.229. The Balaban J connectivity index is 2.37. The molecule has 0 bridgehead atoms. The fourth-order valence-electron chi connectivity index (χ4n) is 2.94. The van der Waals surface area contributed by atoms with E-state index in [1.165, 1.54) is 17.3 Å². The van der Waals surface area contributed by atoms with E-state index in [4.69, 9.17) is 14.3 Å². The summed E-state index contributed by atoms with van der Waals surface area (Å²) in [5, 5.41) is 2.34. The van der Waals surface area contributed by atoms with Crippen LogP contribution in [-0.2, 0) is 13.4 Å². The van der Waals surface area contributed by atoms with Crippen molar-refractivity contribution in [2.75, 3.05) is 0 Å². The van der Waals surface area contributed by atoms with Crippen molar-refractivity contribution in [1.29, 1.82) is 0 Å². The second kappa shape index (κ2) is 7.64. The van der Waals surface area contributed by atoms with Gasteiger partial charge in [-0.15, -0.1) is 0 Å². The van der Waals surface area contributed by atoms with Gasteiger partial charge in [-0.25, -0.2) is 9.13 Å². The maximum absolute atomic E-state index is 11.7. The molecule has 0 heterocycles. The normalized spacial score (nSPS) is 17.0. The van der Waals surface area contributed by atoms with Crippen molar-refractivity contribution in [3.8, 4) is 5.75 Å². The molecule has 0 aliphatic carbocycles. The van der Waals surface area contributed by atoms with Crippen LogP contribution in [-0.4, -0.2) is 22.8 Å². The minimum absolute atomic E-state index is 0.00741. The van der Waals surface area contributed by atoms with Gasteiger partial charge in [0.25, 0.3) is 0 Å². The quantitative estimate of drug-likeness (QED) is 0.476. The van der Waals surface area contributed by atoms with Gasteiger partial charge >= 0.3 is 15.6 Å². The average molecular weight is 430 g/mol. The Morgan fingerprint density at radius 3 is 1.78 bits per heavy atom. The molecule has 2 atom stereocenters. The molecule has 7 nitrogen and oxygen atoms in total. The topological polar surface area (TPSA) is 113 Å². The highest BCUT2D eigenvalue weighted by Crippen LogP contribution is 2.57. The molecular weight excluding hydrogens is 406 g/mol. The highest BCUT2D eigenvalue weighted by molar-refractivity contribution is 7.60. The lowest BCUT2D eigenvalue weighted by Crippen LogP contribution is -2.61. The van der Waals surface area contributed by atoms with E-state index in [0.717, 1.165) is 5.19 Å². The zero-order valence-electron chi connectivity index (χ0n) is 15.6. The molecule has 0 radical (unpaired) electrons. The van der Waals surface area contributed by atoms with Crippen molar-refractivity contribution in [3.63, 3.8) is 0 Å². The lowest BCUT2D eigenvalue weighted by Gasteiger charge is -2.41. The highest BCUT2D eigenvalue weighted by Gasteiger charge is 2.43. The molecule has 2 aromatic rings. The molecule has 148 valence electrons. The molecule has 0 fully saturated rings. The van der Waals surface area contributed by atoms with E-state index in [2.05, 4.69) is 43.8 Å². The Labute approximate surface area is 159 Å². The second-order valence-corrected chi connectivity index (χ2v) is 15.1. The third-order valence-corrected chi connectivity index (χ3v) is 12.8. The maximum Gasteiger partial charge on any atom is 0.536 e. The van der Waals surface area contributed by atoms with E-state index in [9.17, 15) is 14.0 Å². The van der Waals surface area contributed by atoms with E-state index >= 15 is 0 Å². The van der Waals surface area contributed by atoms with Gasteiger partial charge in [-0.3, -0.25) is 4.89 Å². The molecule has 3 N–H and O–H groups in total. The predicted octanol–water partition coefficient (Wildman–Crippen LogP) is 3.27. The van der Waals surface area contributed by atoms with Gasteiger partial charge in [-0.1, -0.05) is 80.2 Å². The first-order valence-corrected chi connectivity index (χ1v) is 13.7. The Hall–Kier alpha value is -1.24. The summed E-state index contributed by atoms with van der Waals surface area (Å²) in [5.41, 5.74) is 0. The zero-order valence-corrected chi connectivity index (χ0v) is 18.4. The van der Waals surface area contributed by atoms with Crippen LogP contribution in [0.4, 0.5) is 0 Å². The summed E-state index contributed by atoms with van der Waals surface area (Å²) < 4.78 is 31.0. The van der Waals surface area contributed by atoms with Crippen LogP contribution in [0.1, 0.15) is 20.8 Å². The SMILES string of the molecule is CC(C)(C)[Si](C)(c1ccccc1)c1ccc(OP(=O)(O)OP(=O)(O)O)cc1. The fraction of sp³-hybridized carbons (Fsp3) is 0.294. The summed E-state index contributed by atoms with van der Waals surface area (Å²) in [4.78, 5) is 26.8. The molecule has 2 aromatic carbocycles. The number of benzene rings is 2. The monoisotopic (exact) mass is 430 g/mol. The van der Waals surface area contributed by atoms with Crippen LogP contribution < -0.4 is 14.9 Å². The van der Waals surface area contributed by atoms with Crippen LogP contribution in [0.2, 0.25) is 11.6 Å². The molecule has 0 spiro atoms. The molecule has 0 aliphatic heterocycles. The summed E-state index contributed by atoms with van der Waals surface area (Å²) in [6.45, 7) is 8.82. The van der Waals surface area contributed by atoms with Crippen molar-refractivity contribution >= 4 is 34.1 Å². The Kier molecular flexibility index (Phi) is 6.24. The number of rotatable bonds is 6. The van der Waals surface area contributed by atoms with Crippen LogP contribution in [0.3, 0.4) is 0 Å². The summed E-state index contributed by atoms with van der Waals surface area (Å²) in [6, 6.07) is 16.8. The molecule has 2 rings (SSSR count). The number of hydrogen-bond acceptors (Lipinski definition) is 4. The van der Waals surface area contributed by atoms with Gasteiger partial charge in [0, 0.05) is 0 Å². The van der Waals surface area contributed by atoms with E-state index in [-0.39, 0.29) is 10.8 Å². The van der Waals surface area contributed by atoms with Gasteiger partial charge in [0.15, 0.2) is 0 Å². The number of phosphoric acid groups is 2. The predicted molar refractivity (Wildman–Crippen MR) is 107 cm³/mol. The standard InChI is InChI=1S/C17H24O7P2Si/c1-17(2,3)27(4,15-8-6-5-7-9-15)16-12-10-14(11-13-16)23-26(21,22)24-25(18,19)20/h5-13H,1-4H3,(H,21,22)(H2,18,19,20). The largest absolute Gasteiger partial charge is 0.536 e. The Morgan fingerprint density at radius 2 is 1.33 bits per heavy atom. The van der Waals surface area contributed by atoms with Crippen LogP contribution in [0.25, 0.3) is 0 Å². The van der Waals surface area contributed by atoms with Crippen molar-refractivity contribution < 1.29 is 32.6 Å². The maximum atomic E-state index is 11.7. The van der Waals surface area contributed by atoms with Gasteiger partial charge in [0.2, 0.25) is 0 Å². The summed E-state index contributed by atoms with van der Waals surface area (Å²) in [5.74, 6) is -0.0173. The van der Waals surface area contributed by atoms with Crippen LogP contribution in [0, 0.1) is 0 Å². The smallest absolute Gasteiger partial charge is 0.404 e. The molecule has 27 heavy (non-hydrogen) atoms. The number of hydrogen-bond donors (Lipinski definition) is 3. The fourth-order valence-corrected chi connectivity index (χ4v) is 8.29. The first kappa shape index (κ1) is 22.1. The van der Waals surface area contributed by atoms with Crippen molar-refractivity contribution in [2.45, 2.75) is 32.4 Å². The van der Waals surface area contributed by atoms with Gasteiger partial charge in [0.05, 0.1) is 0 Å². The van der Waals surface area contributed by atoms with E-state index in [1.807, 2.05) is 30.3 Å². The minimum atomic E-state index is -5.15. The van der Waals surface area contributed by atoms with Crippen molar-refractivity contribution in [1.82, 2.24) is 0 Å². The third-order valence-electron chi connectivity index (χ3n) is 4.71. The first-order valence-electron chi connectivity index (χ1n) is 8.20. The molecule has 0 aliphatic rings. The molecule has 0 saturated carbocycles. The molecule has 0 aromatic heterocycles. The van der Waals surface area contributed by atoms with Gasteiger partial charge < -0.3 is 14.3 Å². The van der Waals surface area contributed by atoms with Crippen molar-refractivity contribution in [2.24, 2.45) is 0 Å². The molecule has 2 unspecified atom stereocenters. The zero-order chi connectivity index (χ0) is 20.5. The van der Waals surface area contributed by atoms with E-state index < -0.39 is 23.7 Å². The summed E-state index contributed by atoms with van der Waals surface area (Å²) in [6.07, 6.45) is 0. The van der Waals surface area contributed by atoms with E-state index in [0.29, 0.717) is 0 Å². The van der Waals surface area contributed by atoms with Gasteiger partial charge in [-0.05, 0) is 17.2 Å².